The van der Waals surface area contributed by atoms with Crippen LogP contribution in [0.2, 0.25) is 0 Å². The molecule has 7 nitrogen and oxygen atoms in total. The van der Waals surface area contributed by atoms with Crippen LogP contribution < -0.4 is 0 Å². The molecule has 0 aromatic rings. The Hall–Kier alpha value is -0.850. The predicted octanol–water partition coefficient (Wildman–Crippen LogP) is -0.425. The molecule has 2 rings (SSSR count). The maximum absolute atomic E-state index is 9.69. The molecule has 2 aliphatic rings. The summed E-state index contributed by atoms with van der Waals surface area (Å²) in [5.74, 6) is 0. The summed E-state index contributed by atoms with van der Waals surface area (Å²) in [6, 6.07) is 0. The molecule has 0 radical (unpaired) electrons. The van der Waals surface area contributed by atoms with Gasteiger partial charge in [0.2, 0.25) is 0 Å². The van der Waals surface area contributed by atoms with Crippen LogP contribution in [0.4, 0.5) is 0 Å². The van der Waals surface area contributed by atoms with Crippen LogP contribution in [0.3, 0.4) is 0 Å². The minimum atomic E-state index is -0.795. The molecule has 2 saturated heterocycles. The standard InChI is InChI=1S/C8H13N3O4/c9-11-10-2-4-1-5-8(14-4)7(13)6(3-12)15-5/h4-8,12-13H,1-3H2/t4?,5-,6+,7+,8+/m0/s1. The van der Waals surface area contributed by atoms with Gasteiger partial charge in [0.15, 0.2) is 0 Å². The lowest BCUT2D eigenvalue weighted by Gasteiger charge is -2.16. The third kappa shape index (κ3) is 1.92. The number of nitrogens with zero attached hydrogens (tertiary/aromatic N) is 3. The third-order valence-electron chi connectivity index (χ3n) is 2.81. The summed E-state index contributed by atoms with van der Waals surface area (Å²) in [6.07, 6.45) is -1.55. The second-order valence-corrected chi connectivity index (χ2v) is 3.76. The van der Waals surface area contributed by atoms with Crippen molar-refractivity contribution < 1.29 is 19.7 Å². The van der Waals surface area contributed by atoms with Gasteiger partial charge >= 0.3 is 0 Å². The van der Waals surface area contributed by atoms with Crippen molar-refractivity contribution in [2.75, 3.05) is 13.2 Å². The topological polar surface area (TPSA) is 108 Å². The average molecular weight is 215 g/mol. The molecule has 2 heterocycles. The van der Waals surface area contributed by atoms with Crippen LogP contribution in [0.15, 0.2) is 5.11 Å². The zero-order chi connectivity index (χ0) is 10.8. The van der Waals surface area contributed by atoms with Gasteiger partial charge < -0.3 is 19.7 Å². The number of fused-ring (bicyclic) bond motifs is 1. The molecular weight excluding hydrogens is 202 g/mol. The fourth-order valence-electron chi connectivity index (χ4n) is 2.10. The van der Waals surface area contributed by atoms with Gasteiger partial charge in [0, 0.05) is 11.3 Å². The van der Waals surface area contributed by atoms with Crippen LogP contribution in [-0.2, 0) is 9.47 Å². The van der Waals surface area contributed by atoms with E-state index in [0.29, 0.717) is 6.42 Å². The summed E-state index contributed by atoms with van der Waals surface area (Å²) < 4.78 is 10.9. The van der Waals surface area contributed by atoms with Crippen LogP contribution in [0.1, 0.15) is 6.42 Å². The molecule has 15 heavy (non-hydrogen) atoms. The van der Waals surface area contributed by atoms with Crippen LogP contribution in [0.5, 0.6) is 0 Å². The normalized spacial score (nSPS) is 43.7. The number of aliphatic hydroxyl groups excluding tert-OH is 2. The summed E-state index contributed by atoms with van der Waals surface area (Å²) in [4.78, 5) is 2.64. The highest BCUT2D eigenvalue weighted by Crippen LogP contribution is 2.34. The average Bonchev–Trinajstić information content (AvgIpc) is 2.75. The van der Waals surface area contributed by atoms with Crippen molar-refractivity contribution in [2.45, 2.75) is 36.9 Å². The molecular formula is C8H13N3O4. The predicted molar refractivity (Wildman–Crippen MR) is 49.0 cm³/mol. The van der Waals surface area contributed by atoms with Crippen LogP contribution in [0, 0.1) is 0 Å². The highest BCUT2D eigenvalue weighted by Gasteiger charge is 2.49. The molecule has 1 unspecified atom stereocenters. The van der Waals surface area contributed by atoms with Crippen molar-refractivity contribution in [2.24, 2.45) is 5.11 Å². The SMILES string of the molecule is [N-]=[N+]=NCC1C[C@@H]2O[C@H](CO)[C@@H](O)[C@@H]2O1. The molecule has 0 aromatic heterocycles. The molecule has 7 heteroatoms. The minimum Gasteiger partial charge on any atom is -0.394 e. The number of rotatable bonds is 3. The monoisotopic (exact) mass is 215 g/mol. The van der Waals surface area contributed by atoms with E-state index >= 15 is 0 Å². The molecule has 5 atom stereocenters. The van der Waals surface area contributed by atoms with Crippen molar-refractivity contribution in [1.82, 2.24) is 0 Å². The maximum atomic E-state index is 9.69. The zero-order valence-corrected chi connectivity index (χ0v) is 8.06. The third-order valence-corrected chi connectivity index (χ3v) is 2.81. The summed E-state index contributed by atoms with van der Waals surface area (Å²) in [5, 5.41) is 22.0. The quantitative estimate of drug-likeness (QED) is 0.378. The Kier molecular flexibility index (Phi) is 3.08. The Morgan fingerprint density at radius 2 is 2.27 bits per heavy atom. The molecule has 0 aliphatic carbocycles. The summed E-state index contributed by atoms with van der Waals surface area (Å²) in [6.45, 7) is 0.0436. The summed E-state index contributed by atoms with van der Waals surface area (Å²) >= 11 is 0. The van der Waals surface area contributed by atoms with E-state index in [-0.39, 0.29) is 25.4 Å². The fourth-order valence-corrected chi connectivity index (χ4v) is 2.10. The Balaban J connectivity index is 1.92. The molecule has 84 valence electrons. The molecule has 2 aliphatic heterocycles. The van der Waals surface area contributed by atoms with Crippen LogP contribution in [0.25, 0.3) is 10.4 Å². The van der Waals surface area contributed by atoms with Gasteiger partial charge in [0.25, 0.3) is 0 Å². The van der Waals surface area contributed by atoms with E-state index in [2.05, 4.69) is 10.0 Å². The molecule has 2 N–H and O–H groups in total. The smallest absolute Gasteiger partial charge is 0.113 e. The van der Waals surface area contributed by atoms with E-state index in [1.165, 1.54) is 0 Å². The largest absolute Gasteiger partial charge is 0.394 e. The second kappa shape index (κ2) is 4.34. The minimum absolute atomic E-state index is 0.190. The summed E-state index contributed by atoms with van der Waals surface area (Å²) in [7, 11) is 0. The van der Waals surface area contributed by atoms with Gasteiger partial charge in [-0.25, -0.2) is 0 Å². The molecule has 0 amide bonds. The van der Waals surface area contributed by atoms with Crippen LogP contribution >= 0.6 is 0 Å². The van der Waals surface area contributed by atoms with Gasteiger partial charge in [0.05, 0.1) is 25.4 Å². The first kappa shape index (κ1) is 10.7. The first-order valence-electron chi connectivity index (χ1n) is 4.87. The van der Waals surface area contributed by atoms with E-state index in [4.69, 9.17) is 20.1 Å². The lowest BCUT2D eigenvalue weighted by molar-refractivity contribution is -0.0500. The number of hydrogen-bond donors (Lipinski definition) is 2. The van der Waals surface area contributed by atoms with Gasteiger partial charge in [-0.1, -0.05) is 5.11 Å². The Labute approximate surface area is 86.2 Å². The molecule has 0 bridgehead atoms. The molecule has 0 saturated carbocycles. The van der Waals surface area contributed by atoms with E-state index in [1.807, 2.05) is 0 Å². The molecule has 0 spiro atoms. The summed E-state index contributed by atoms with van der Waals surface area (Å²) in [5.41, 5.74) is 8.15. The van der Waals surface area contributed by atoms with Gasteiger partial charge in [-0.15, -0.1) is 0 Å². The van der Waals surface area contributed by atoms with Crippen LogP contribution in [-0.4, -0.2) is 53.9 Å². The maximum Gasteiger partial charge on any atom is 0.113 e. The van der Waals surface area contributed by atoms with Gasteiger partial charge in [0.1, 0.15) is 18.3 Å². The van der Waals surface area contributed by atoms with Crippen molar-refractivity contribution in [3.63, 3.8) is 0 Å². The van der Waals surface area contributed by atoms with E-state index in [1.54, 1.807) is 0 Å². The second-order valence-electron chi connectivity index (χ2n) is 3.76. The molecule has 0 aromatic carbocycles. The Morgan fingerprint density at radius 3 is 2.87 bits per heavy atom. The van der Waals surface area contributed by atoms with E-state index in [9.17, 15) is 5.11 Å². The first-order chi connectivity index (χ1) is 7.26. The van der Waals surface area contributed by atoms with Gasteiger partial charge in [-0.05, 0) is 5.53 Å². The number of azide groups is 1. The Morgan fingerprint density at radius 1 is 1.47 bits per heavy atom. The molecule has 2 fully saturated rings. The first-order valence-corrected chi connectivity index (χ1v) is 4.87. The van der Waals surface area contributed by atoms with E-state index in [0.717, 1.165) is 0 Å². The lowest BCUT2D eigenvalue weighted by atomic mass is 10.1. The highest BCUT2D eigenvalue weighted by molar-refractivity contribution is 4.97. The van der Waals surface area contributed by atoms with E-state index < -0.39 is 18.3 Å². The van der Waals surface area contributed by atoms with Gasteiger partial charge in [-0.2, -0.15) is 0 Å². The number of hydrogen-bond acceptors (Lipinski definition) is 5. The van der Waals surface area contributed by atoms with Crippen molar-refractivity contribution in [1.29, 1.82) is 0 Å². The van der Waals surface area contributed by atoms with Crippen molar-refractivity contribution in [3.05, 3.63) is 10.4 Å². The lowest BCUT2D eigenvalue weighted by Crippen LogP contribution is -2.34. The van der Waals surface area contributed by atoms with Crippen molar-refractivity contribution in [3.8, 4) is 0 Å². The Bertz CT molecular complexity index is 281. The van der Waals surface area contributed by atoms with Crippen molar-refractivity contribution >= 4 is 0 Å². The highest BCUT2D eigenvalue weighted by atomic mass is 16.6. The fraction of sp³-hybridized carbons (Fsp3) is 1.00. The van der Waals surface area contributed by atoms with Gasteiger partial charge in [-0.3, -0.25) is 0 Å². The zero-order valence-electron chi connectivity index (χ0n) is 8.06. The number of ether oxygens (including phenoxy) is 2. The number of aliphatic hydroxyl groups is 2.